The van der Waals surface area contributed by atoms with Crippen LogP contribution < -0.4 is 0 Å². The molecule has 0 aromatic carbocycles. The van der Waals surface area contributed by atoms with Crippen molar-refractivity contribution in [1.29, 1.82) is 0 Å². The molecule has 142 valence electrons. The van der Waals surface area contributed by atoms with Crippen molar-refractivity contribution in [2.75, 3.05) is 19.8 Å². The Morgan fingerprint density at radius 1 is 0.583 bits per heavy atom. The van der Waals surface area contributed by atoms with Crippen molar-refractivity contribution in [3.8, 4) is 12.0 Å². The predicted molar refractivity (Wildman–Crippen MR) is 105 cm³/mol. The number of hydrogen-bond donors (Lipinski definition) is 0. The third kappa shape index (κ3) is 13.0. The van der Waals surface area contributed by atoms with Crippen LogP contribution in [-0.4, -0.2) is 28.6 Å². The monoisotopic (exact) mass is 356 g/mol. The van der Waals surface area contributed by atoms with E-state index in [0.717, 1.165) is 19.3 Å². The van der Waals surface area contributed by atoms with Gasteiger partial charge in [-0.05, 0) is 24.8 Å². The molecule has 0 aliphatic heterocycles. The van der Waals surface area contributed by atoms with Crippen LogP contribution in [0, 0.1) is 12.0 Å². The van der Waals surface area contributed by atoms with Crippen molar-refractivity contribution in [2.45, 2.75) is 97.8 Å². The molecular weight excluding hydrogens is 316 g/mol. The first-order valence-electron chi connectivity index (χ1n) is 10.1. The molecule has 0 aromatic rings. The van der Waals surface area contributed by atoms with Gasteiger partial charge in [0.1, 0.15) is 0 Å². The molecule has 24 heavy (non-hydrogen) atoms. The van der Waals surface area contributed by atoms with Gasteiger partial charge in [0.25, 0.3) is 0 Å². The lowest BCUT2D eigenvalue weighted by Gasteiger charge is -2.24. The summed E-state index contributed by atoms with van der Waals surface area (Å²) in [4.78, 5) is 0. The molecule has 0 spiro atoms. The topological polar surface area (TPSA) is 27.7 Å². The predicted octanol–water partition coefficient (Wildman–Crippen LogP) is 5.89. The van der Waals surface area contributed by atoms with Gasteiger partial charge in [-0.2, -0.15) is 0 Å². The molecule has 0 radical (unpaired) electrons. The van der Waals surface area contributed by atoms with Crippen molar-refractivity contribution in [1.82, 2.24) is 0 Å². The van der Waals surface area contributed by atoms with Crippen molar-refractivity contribution < 1.29 is 13.3 Å². The molecule has 0 saturated carbocycles. The van der Waals surface area contributed by atoms with E-state index in [1.807, 2.05) is 0 Å². The van der Waals surface area contributed by atoms with E-state index in [2.05, 4.69) is 26.3 Å². The van der Waals surface area contributed by atoms with Crippen LogP contribution in [0.25, 0.3) is 0 Å². The molecule has 0 fully saturated rings. The van der Waals surface area contributed by atoms with Crippen molar-refractivity contribution >= 4 is 8.80 Å². The fraction of sp³-hybridized carbons (Fsp3) is 0.900. The minimum atomic E-state index is -2.92. The molecule has 0 rings (SSSR count). The molecule has 0 bridgehead atoms. The summed E-state index contributed by atoms with van der Waals surface area (Å²) in [6.07, 6.45) is 19.8. The van der Waals surface area contributed by atoms with Crippen LogP contribution in [0.15, 0.2) is 0 Å². The quantitative estimate of drug-likeness (QED) is 0.174. The molecule has 0 atom stereocenters. The maximum atomic E-state index is 6.00. The van der Waals surface area contributed by atoms with Crippen LogP contribution in [0.2, 0.25) is 0 Å². The summed E-state index contributed by atoms with van der Waals surface area (Å²) in [7, 11) is -2.92. The van der Waals surface area contributed by atoms with E-state index >= 15 is 0 Å². The van der Waals surface area contributed by atoms with E-state index in [0.29, 0.717) is 19.8 Å². The highest BCUT2D eigenvalue weighted by molar-refractivity contribution is 6.69. The molecule has 0 aliphatic rings. The van der Waals surface area contributed by atoms with E-state index in [4.69, 9.17) is 19.7 Å². The Bertz CT molecular complexity index is 266. The Morgan fingerprint density at radius 2 is 0.917 bits per heavy atom. The Kier molecular flexibility index (Phi) is 17.2. The van der Waals surface area contributed by atoms with Gasteiger partial charge < -0.3 is 13.3 Å². The summed E-state index contributed by atoms with van der Waals surface area (Å²) >= 11 is 0. The summed E-state index contributed by atoms with van der Waals surface area (Å²) in [6, 6.07) is 0. The lowest BCUT2D eigenvalue weighted by Crippen LogP contribution is -2.45. The fourth-order valence-electron chi connectivity index (χ4n) is 2.46. The van der Waals surface area contributed by atoms with E-state index in [1.165, 1.54) is 57.8 Å². The molecule has 0 unspecified atom stereocenters. The van der Waals surface area contributed by atoms with Gasteiger partial charge in [0.05, 0.1) is 0 Å². The van der Waals surface area contributed by atoms with Gasteiger partial charge in [-0.15, -0.1) is 6.42 Å². The second kappa shape index (κ2) is 17.5. The molecule has 4 heteroatoms. The summed E-state index contributed by atoms with van der Waals surface area (Å²) in [5, 5.41) is 0. The highest BCUT2D eigenvalue weighted by Crippen LogP contribution is 2.14. The maximum Gasteiger partial charge on any atom is 0.591 e. The van der Waals surface area contributed by atoms with E-state index in [1.54, 1.807) is 0 Å². The SMILES string of the molecule is C#C[Si](OCCCCCC)(OCCCCCC)OCCCCCC. The standard InChI is InChI=1S/C20H40O3Si/c1-5-9-12-15-18-21-24(8-4,22-19-16-13-10-6-2)23-20-17-14-11-7-3/h4H,5-7,9-20H2,1-3H3. The van der Waals surface area contributed by atoms with Crippen molar-refractivity contribution in [3.63, 3.8) is 0 Å². The average Bonchev–Trinajstić information content (AvgIpc) is 2.60. The lowest BCUT2D eigenvalue weighted by molar-refractivity contribution is 0.0700. The van der Waals surface area contributed by atoms with Crippen LogP contribution in [0.3, 0.4) is 0 Å². The smallest absolute Gasteiger partial charge is 0.364 e. The number of terminal acetylenes is 1. The second-order valence-corrected chi connectivity index (χ2v) is 8.69. The van der Waals surface area contributed by atoms with Crippen LogP contribution in [0.5, 0.6) is 0 Å². The van der Waals surface area contributed by atoms with Crippen molar-refractivity contribution in [3.05, 3.63) is 0 Å². The summed E-state index contributed by atoms with van der Waals surface area (Å²) in [5.74, 6) is 0. The van der Waals surface area contributed by atoms with Gasteiger partial charge >= 0.3 is 8.80 Å². The van der Waals surface area contributed by atoms with Gasteiger partial charge in [0, 0.05) is 19.8 Å². The minimum Gasteiger partial charge on any atom is -0.364 e. The largest absolute Gasteiger partial charge is 0.591 e. The van der Waals surface area contributed by atoms with Gasteiger partial charge in [-0.3, -0.25) is 0 Å². The Labute approximate surface area is 152 Å². The molecule has 0 heterocycles. The van der Waals surface area contributed by atoms with Gasteiger partial charge in [-0.25, -0.2) is 0 Å². The first kappa shape index (κ1) is 23.7. The van der Waals surface area contributed by atoms with E-state index in [9.17, 15) is 0 Å². The molecule has 0 aromatic heterocycles. The molecular formula is C20H40O3Si. The first-order valence-corrected chi connectivity index (χ1v) is 11.9. The zero-order valence-electron chi connectivity index (χ0n) is 16.4. The fourth-order valence-corrected chi connectivity index (χ4v) is 4.20. The van der Waals surface area contributed by atoms with Gasteiger partial charge in [-0.1, -0.05) is 78.6 Å². The average molecular weight is 357 g/mol. The first-order chi connectivity index (χ1) is 11.7. The highest BCUT2D eigenvalue weighted by Gasteiger charge is 2.39. The van der Waals surface area contributed by atoms with Crippen LogP contribution >= 0.6 is 0 Å². The van der Waals surface area contributed by atoms with Crippen LogP contribution in [0.4, 0.5) is 0 Å². The summed E-state index contributed by atoms with van der Waals surface area (Å²) in [5.41, 5.74) is 2.76. The van der Waals surface area contributed by atoms with Gasteiger partial charge in [0.2, 0.25) is 0 Å². The molecule has 0 amide bonds. The third-order valence-corrected chi connectivity index (χ3v) is 6.15. The number of hydrogen-bond acceptors (Lipinski definition) is 3. The summed E-state index contributed by atoms with van der Waals surface area (Å²) < 4.78 is 18.0. The Hall–Kier alpha value is -0.343. The van der Waals surface area contributed by atoms with Gasteiger partial charge in [0.15, 0.2) is 0 Å². The zero-order valence-corrected chi connectivity index (χ0v) is 17.4. The minimum absolute atomic E-state index is 0.653. The maximum absolute atomic E-state index is 6.00. The molecule has 0 aliphatic carbocycles. The normalized spacial score (nSPS) is 11.6. The lowest BCUT2D eigenvalue weighted by atomic mass is 10.2. The number of unbranched alkanes of at least 4 members (excludes halogenated alkanes) is 9. The Morgan fingerprint density at radius 3 is 1.17 bits per heavy atom. The van der Waals surface area contributed by atoms with E-state index in [-0.39, 0.29) is 0 Å². The molecule has 3 nitrogen and oxygen atoms in total. The third-order valence-electron chi connectivity index (χ3n) is 4.05. The second-order valence-electron chi connectivity index (χ2n) is 6.43. The van der Waals surface area contributed by atoms with Crippen molar-refractivity contribution in [2.24, 2.45) is 0 Å². The summed E-state index contributed by atoms with van der Waals surface area (Å²) in [6.45, 7) is 8.58. The van der Waals surface area contributed by atoms with E-state index < -0.39 is 8.80 Å². The molecule has 0 N–H and O–H groups in total. The van der Waals surface area contributed by atoms with Crippen LogP contribution in [0.1, 0.15) is 97.8 Å². The zero-order chi connectivity index (χ0) is 17.9. The highest BCUT2D eigenvalue weighted by atomic mass is 28.4. The Balaban J connectivity index is 4.26. The molecule has 0 saturated heterocycles. The van der Waals surface area contributed by atoms with Crippen LogP contribution in [-0.2, 0) is 13.3 Å². The number of rotatable bonds is 18.